The van der Waals surface area contributed by atoms with Crippen LogP contribution < -0.4 is 0 Å². The van der Waals surface area contributed by atoms with Crippen LogP contribution in [-0.4, -0.2) is 18.3 Å². The van der Waals surface area contributed by atoms with Crippen molar-refractivity contribution in [2.45, 2.75) is 49.7 Å². The minimum Gasteiger partial charge on any atom is -0.468 e. The van der Waals surface area contributed by atoms with Crippen molar-refractivity contribution in [2.24, 2.45) is 0 Å². The molecule has 100 valence electrons. The fraction of sp³-hybridized carbons (Fsp3) is 0.533. The zero-order valence-corrected chi connectivity index (χ0v) is 12.6. The molecule has 0 aliphatic carbocycles. The molecule has 1 aromatic rings. The average molecular weight is 266 g/mol. The molecule has 0 spiro atoms. The molecular formula is C15H22O2S. The van der Waals surface area contributed by atoms with Gasteiger partial charge in [0.2, 0.25) is 0 Å². The highest BCUT2D eigenvalue weighted by atomic mass is 32.2. The van der Waals surface area contributed by atoms with E-state index in [0.29, 0.717) is 0 Å². The van der Waals surface area contributed by atoms with Gasteiger partial charge in [-0.15, -0.1) is 11.8 Å². The summed E-state index contributed by atoms with van der Waals surface area (Å²) in [6.45, 7) is 8.58. The van der Waals surface area contributed by atoms with Crippen LogP contribution >= 0.6 is 11.8 Å². The number of benzene rings is 1. The molecule has 1 aromatic carbocycles. The predicted octanol–water partition coefficient (Wildman–Crippen LogP) is 4.03. The van der Waals surface area contributed by atoms with E-state index in [1.807, 2.05) is 6.92 Å². The van der Waals surface area contributed by atoms with Gasteiger partial charge < -0.3 is 4.74 Å². The first-order valence-corrected chi connectivity index (χ1v) is 7.11. The van der Waals surface area contributed by atoms with Gasteiger partial charge in [0.15, 0.2) is 0 Å². The molecule has 1 rings (SSSR count). The Labute approximate surface area is 114 Å². The molecular weight excluding hydrogens is 244 g/mol. The summed E-state index contributed by atoms with van der Waals surface area (Å²) in [5, 5.41) is -0.115. The van der Waals surface area contributed by atoms with Crippen LogP contribution in [-0.2, 0) is 14.9 Å². The Hall–Kier alpha value is -0.960. The Balaban J connectivity index is 2.77. The van der Waals surface area contributed by atoms with E-state index in [4.69, 9.17) is 4.74 Å². The molecule has 0 N–H and O–H groups in total. The van der Waals surface area contributed by atoms with E-state index in [9.17, 15) is 4.79 Å². The summed E-state index contributed by atoms with van der Waals surface area (Å²) in [6.07, 6.45) is 0.776. The molecule has 1 unspecified atom stereocenters. The van der Waals surface area contributed by atoms with Crippen LogP contribution in [0, 0.1) is 0 Å². The fourth-order valence-electron chi connectivity index (χ4n) is 1.63. The van der Waals surface area contributed by atoms with E-state index in [1.54, 1.807) is 11.8 Å². The Kier molecular flexibility index (Phi) is 5.27. The zero-order valence-electron chi connectivity index (χ0n) is 11.8. The van der Waals surface area contributed by atoms with E-state index in [1.165, 1.54) is 12.7 Å². The summed E-state index contributed by atoms with van der Waals surface area (Å²) < 4.78 is 4.79. The maximum atomic E-state index is 11.5. The van der Waals surface area contributed by atoms with Gasteiger partial charge in [-0.1, -0.05) is 39.8 Å². The Morgan fingerprint density at radius 1 is 1.28 bits per heavy atom. The molecule has 0 aliphatic rings. The largest absolute Gasteiger partial charge is 0.468 e. The molecule has 0 fully saturated rings. The molecule has 0 heterocycles. The quantitative estimate of drug-likeness (QED) is 0.608. The van der Waals surface area contributed by atoms with Gasteiger partial charge in [-0.3, -0.25) is 4.79 Å². The highest BCUT2D eigenvalue weighted by Crippen LogP contribution is 2.29. The van der Waals surface area contributed by atoms with Gasteiger partial charge in [0.05, 0.1) is 7.11 Å². The van der Waals surface area contributed by atoms with Crippen LogP contribution in [0.25, 0.3) is 0 Å². The summed E-state index contributed by atoms with van der Waals surface area (Å²) >= 11 is 1.57. The molecule has 0 saturated heterocycles. The number of ether oxygens (including phenoxy) is 1. The fourth-order valence-corrected chi connectivity index (χ4v) is 2.61. The number of esters is 1. The third kappa shape index (κ3) is 4.05. The molecule has 3 heteroatoms. The van der Waals surface area contributed by atoms with Gasteiger partial charge in [0, 0.05) is 4.90 Å². The Morgan fingerprint density at radius 2 is 1.83 bits per heavy atom. The summed E-state index contributed by atoms with van der Waals surface area (Å²) in [7, 11) is 1.44. The van der Waals surface area contributed by atoms with Crippen molar-refractivity contribution in [3.8, 4) is 0 Å². The molecule has 1 atom stereocenters. The third-order valence-electron chi connectivity index (χ3n) is 2.83. The lowest BCUT2D eigenvalue weighted by molar-refractivity contribution is -0.140. The normalized spacial score (nSPS) is 13.2. The first kappa shape index (κ1) is 15.1. The maximum Gasteiger partial charge on any atom is 0.319 e. The van der Waals surface area contributed by atoms with E-state index >= 15 is 0 Å². The number of rotatable bonds is 4. The van der Waals surface area contributed by atoms with Gasteiger partial charge in [0.25, 0.3) is 0 Å². The second-order valence-corrected chi connectivity index (χ2v) is 6.59. The van der Waals surface area contributed by atoms with Crippen LogP contribution in [0.5, 0.6) is 0 Å². The van der Waals surface area contributed by atoms with E-state index < -0.39 is 0 Å². The van der Waals surface area contributed by atoms with E-state index in [2.05, 4.69) is 45.0 Å². The summed E-state index contributed by atoms with van der Waals surface area (Å²) in [6, 6.07) is 8.42. The maximum absolute atomic E-state index is 11.5. The number of thioether (sulfide) groups is 1. The topological polar surface area (TPSA) is 26.3 Å². The highest BCUT2D eigenvalue weighted by molar-refractivity contribution is 8.00. The zero-order chi connectivity index (χ0) is 13.8. The Morgan fingerprint density at radius 3 is 2.22 bits per heavy atom. The first-order chi connectivity index (χ1) is 8.38. The van der Waals surface area contributed by atoms with Crippen molar-refractivity contribution in [3.05, 3.63) is 29.8 Å². The predicted molar refractivity (Wildman–Crippen MR) is 77.1 cm³/mol. The van der Waals surface area contributed by atoms with Crippen molar-refractivity contribution in [3.63, 3.8) is 0 Å². The van der Waals surface area contributed by atoms with Gasteiger partial charge in [-0.2, -0.15) is 0 Å². The number of carbonyl (C=O) groups excluding carboxylic acids is 1. The van der Waals surface area contributed by atoms with Gasteiger partial charge in [-0.25, -0.2) is 0 Å². The van der Waals surface area contributed by atoms with E-state index in [0.717, 1.165) is 11.3 Å². The molecule has 0 amide bonds. The van der Waals surface area contributed by atoms with Crippen molar-refractivity contribution >= 4 is 17.7 Å². The highest BCUT2D eigenvalue weighted by Gasteiger charge is 2.19. The number of hydrogen-bond acceptors (Lipinski definition) is 3. The molecule has 0 bridgehead atoms. The Bertz CT molecular complexity index is 390. The van der Waals surface area contributed by atoms with Crippen LogP contribution in [0.3, 0.4) is 0 Å². The lowest BCUT2D eigenvalue weighted by atomic mass is 9.87. The third-order valence-corrected chi connectivity index (χ3v) is 4.19. The molecule has 0 saturated carbocycles. The van der Waals surface area contributed by atoms with Gasteiger partial charge >= 0.3 is 5.97 Å². The van der Waals surface area contributed by atoms with Gasteiger partial charge in [0.1, 0.15) is 5.25 Å². The van der Waals surface area contributed by atoms with Crippen molar-refractivity contribution in [1.29, 1.82) is 0 Å². The second kappa shape index (κ2) is 6.28. The standard InChI is InChI=1S/C15H22O2S/c1-6-13(14(16)17-5)18-12-9-7-11(8-10-12)15(2,3)4/h7-10,13H,6H2,1-5H3. The average Bonchev–Trinajstić information content (AvgIpc) is 2.34. The van der Waals surface area contributed by atoms with Crippen molar-refractivity contribution in [2.75, 3.05) is 7.11 Å². The SMILES string of the molecule is CCC(Sc1ccc(C(C)(C)C)cc1)C(=O)OC. The van der Waals surface area contributed by atoms with Gasteiger partial charge in [-0.05, 0) is 29.5 Å². The molecule has 0 radical (unpaired) electrons. The van der Waals surface area contributed by atoms with Crippen LogP contribution in [0.1, 0.15) is 39.7 Å². The van der Waals surface area contributed by atoms with Crippen LogP contribution in [0.4, 0.5) is 0 Å². The van der Waals surface area contributed by atoms with Crippen molar-refractivity contribution < 1.29 is 9.53 Å². The van der Waals surface area contributed by atoms with E-state index in [-0.39, 0.29) is 16.6 Å². The first-order valence-electron chi connectivity index (χ1n) is 6.23. The molecule has 0 aliphatic heterocycles. The number of carbonyl (C=O) groups is 1. The van der Waals surface area contributed by atoms with Crippen LogP contribution in [0.2, 0.25) is 0 Å². The lowest BCUT2D eigenvalue weighted by Crippen LogP contribution is -2.17. The lowest BCUT2D eigenvalue weighted by Gasteiger charge is -2.19. The summed E-state index contributed by atoms with van der Waals surface area (Å²) in [5.74, 6) is -0.151. The second-order valence-electron chi connectivity index (χ2n) is 5.31. The minimum absolute atomic E-state index is 0.115. The molecule has 18 heavy (non-hydrogen) atoms. The molecule has 2 nitrogen and oxygen atoms in total. The molecule has 0 aromatic heterocycles. The number of methoxy groups -OCH3 is 1. The summed E-state index contributed by atoms with van der Waals surface area (Å²) in [4.78, 5) is 12.6. The minimum atomic E-state index is -0.151. The number of hydrogen-bond donors (Lipinski definition) is 0. The summed E-state index contributed by atoms with van der Waals surface area (Å²) in [5.41, 5.74) is 1.47. The smallest absolute Gasteiger partial charge is 0.319 e. The van der Waals surface area contributed by atoms with Crippen LogP contribution in [0.15, 0.2) is 29.2 Å². The monoisotopic (exact) mass is 266 g/mol. The van der Waals surface area contributed by atoms with Crippen molar-refractivity contribution in [1.82, 2.24) is 0 Å².